The minimum absolute atomic E-state index is 0. The van der Waals surface area contributed by atoms with Crippen molar-refractivity contribution in [1.82, 2.24) is 0 Å². The van der Waals surface area contributed by atoms with Gasteiger partial charge in [0.1, 0.15) is 11.5 Å². The molecule has 0 unspecified atom stereocenters. The number of aromatic hydroxyl groups is 1. The number of hydrogen-bond acceptors (Lipinski definition) is 4. The van der Waals surface area contributed by atoms with E-state index in [0.29, 0.717) is 36.1 Å². The van der Waals surface area contributed by atoms with Crippen molar-refractivity contribution in [1.29, 1.82) is 0 Å². The maximum Gasteiger partial charge on any atom is 1.00 e. The topological polar surface area (TPSA) is 69.6 Å². The fraction of sp³-hybridized carbons (Fsp3) is 0.286. The summed E-state index contributed by atoms with van der Waals surface area (Å²) in [6.07, 6.45) is 3.45. The van der Waals surface area contributed by atoms with E-state index >= 15 is 0 Å². The third-order valence-corrected chi connectivity index (χ3v) is 4.11. The van der Waals surface area contributed by atoms with Crippen LogP contribution in [0.1, 0.15) is 40.9 Å². The third kappa shape index (κ3) is 5.63. The van der Waals surface area contributed by atoms with Crippen LogP contribution in [0.15, 0.2) is 48.0 Å². The number of ether oxygens (including phenoxy) is 1. The number of carbonyl (C=O) groups is 1. The minimum atomic E-state index is -1.37. The van der Waals surface area contributed by atoms with Gasteiger partial charge in [-0.15, -0.1) is 0 Å². The Hall–Kier alpha value is -1.75. The second-order valence-corrected chi connectivity index (χ2v) is 6.20. The Bertz CT molecular complexity index is 778. The van der Waals surface area contributed by atoms with Gasteiger partial charge in [0.15, 0.2) is 0 Å². The number of hydrogen-bond donors (Lipinski definition) is 1. The summed E-state index contributed by atoms with van der Waals surface area (Å²) in [7, 11) is 1.51. The van der Waals surface area contributed by atoms with Crippen molar-refractivity contribution in [2.45, 2.75) is 33.1 Å². The number of aromatic carboxylic acids is 1. The van der Waals surface area contributed by atoms with Crippen LogP contribution in [0.5, 0.6) is 11.5 Å². The van der Waals surface area contributed by atoms with Gasteiger partial charge in [-0.3, -0.25) is 0 Å². The van der Waals surface area contributed by atoms with Gasteiger partial charge in [0, 0.05) is 11.1 Å². The van der Waals surface area contributed by atoms with Crippen molar-refractivity contribution < 1.29 is 49.3 Å². The second kappa shape index (κ2) is 10.4. The fourth-order valence-electron chi connectivity index (χ4n) is 2.77. The summed E-state index contributed by atoms with van der Waals surface area (Å²) in [6, 6.07) is 11.5. The predicted octanol–water partition coefficient (Wildman–Crippen LogP) is 0.0622. The average Bonchev–Trinajstić information content (AvgIpc) is 2.58. The number of carboxylic acid groups (broad SMARTS) is 1. The molecule has 0 aliphatic rings. The van der Waals surface area contributed by atoms with Gasteiger partial charge in [0.2, 0.25) is 0 Å². The molecule has 4 nitrogen and oxygen atoms in total. The van der Waals surface area contributed by atoms with Crippen LogP contribution in [0.2, 0.25) is 0 Å². The molecule has 0 bridgehead atoms. The molecule has 5 heteroatoms. The summed E-state index contributed by atoms with van der Waals surface area (Å²) in [6.45, 7) is 3.88. The summed E-state index contributed by atoms with van der Waals surface area (Å²) < 4.78 is 5.38. The Balaban J connectivity index is 0.00000338. The first-order chi connectivity index (χ1) is 11.9. The zero-order valence-electron chi connectivity index (χ0n) is 15.8. The predicted molar refractivity (Wildman–Crippen MR) is 96.0 cm³/mol. The van der Waals surface area contributed by atoms with Crippen LogP contribution in [0, 0.1) is 0 Å². The van der Waals surface area contributed by atoms with Gasteiger partial charge in [-0.25, -0.2) is 0 Å². The van der Waals surface area contributed by atoms with E-state index < -0.39 is 5.97 Å². The summed E-state index contributed by atoms with van der Waals surface area (Å²) in [5.41, 5.74) is 3.00. The van der Waals surface area contributed by atoms with Crippen LogP contribution in [-0.4, -0.2) is 18.2 Å². The van der Waals surface area contributed by atoms with Gasteiger partial charge >= 0.3 is 29.6 Å². The number of benzene rings is 2. The van der Waals surface area contributed by atoms with Crippen LogP contribution in [0.3, 0.4) is 0 Å². The van der Waals surface area contributed by atoms with Gasteiger partial charge < -0.3 is 19.7 Å². The second-order valence-electron chi connectivity index (χ2n) is 6.20. The molecule has 0 fully saturated rings. The van der Waals surface area contributed by atoms with E-state index in [-0.39, 0.29) is 40.9 Å². The molecular weight excluding hydrogens is 339 g/mol. The molecule has 0 spiro atoms. The summed E-state index contributed by atoms with van der Waals surface area (Å²) in [5, 5.41) is 22.1. The van der Waals surface area contributed by atoms with Crippen molar-refractivity contribution >= 4 is 5.97 Å². The standard InChI is InChI=1S/C21H24O4.Na/c1-14(2)9-12-17-18(25-3)13-16(19(20(17)22)21(23)24)11-10-15-7-5-4-6-8-15;/h4-9,13,22H,10-12H2,1-3H3,(H,23,24);/q;+1/p-1. The van der Waals surface area contributed by atoms with Gasteiger partial charge in [0.25, 0.3) is 0 Å². The Kier molecular flexibility index (Phi) is 8.93. The number of phenols is 1. The number of methoxy groups -OCH3 is 1. The first-order valence-electron chi connectivity index (χ1n) is 8.24. The Morgan fingerprint density at radius 2 is 1.85 bits per heavy atom. The van der Waals surface area contributed by atoms with Crippen LogP contribution in [-0.2, 0) is 19.3 Å². The molecule has 0 heterocycles. The van der Waals surface area contributed by atoms with Crippen molar-refractivity contribution in [2.75, 3.05) is 7.11 Å². The smallest absolute Gasteiger partial charge is 0.545 e. The van der Waals surface area contributed by atoms with E-state index in [1.165, 1.54) is 7.11 Å². The molecule has 0 aliphatic carbocycles. The Morgan fingerprint density at radius 3 is 2.38 bits per heavy atom. The minimum Gasteiger partial charge on any atom is -0.545 e. The molecule has 0 saturated heterocycles. The molecule has 0 aliphatic heterocycles. The van der Waals surface area contributed by atoms with Crippen molar-refractivity contribution in [2.24, 2.45) is 0 Å². The maximum absolute atomic E-state index is 11.6. The van der Waals surface area contributed by atoms with E-state index in [1.54, 1.807) is 6.07 Å². The summed E-state index contributed by atoms with van der Waals surface area (Å²) in [4.78, 5) is 11.6. The fourth-order valence-corrected chi connectivity index (χ4v) is 2.77. The van der Waals surface area contributed by atoms with E-state index in [4.69, 9.17) is 4.74 Å². The number of carbonyl (C=O) groups excluding carboxylic acids is 1. The first kappa shape index (κ1) is 22.3. The molecule has 2 aromatic carbocycles. The molecule has 0 atom stereocenters. The van der Waals surface area contributed by atoms with E-state index in [1.807, 2.05) is 50.3 Å². The molecule has 2 rings (SSSR count). The Labute approximate surface area is 176 Å². The first-order valence-corrected chi connectivity index (χ1v) is 8.24. The maximum atomic E-state index is 11.6. The molecule has 132 valence electrons. The van der Waals surface area contributed by atoms with E-state index in [9.17, 15) is 15.0 Å². The largest absolute Gasteiger partial charge is 1.00 e. The number of carboxylic acids is 1. The van der Waals surface area contributed by atoms with Crippen LogP contribution in [0.4, 0.5) is 0 Å². The summed E-state index contributed by atoms with van der Waals surface area (Å²) >= 11 is 0. The zero-order valence-corrected chi connectivity index (χ0v) is 17.8. The molecule has 0 aromatic heterocycles. The van der Waals surface area contributed by atoms with Crippen LogP contribution < -0.4 is 39.4 Å². The normalized spacial score (nSPS) is 9.96. The van der Waals surface area contributed by atoms with E-state index in [0.717, 1.165) is 11.1 Å². The Morgan fingerprint density at radius 1 is 1.19 bits per heavy atom. The molecular formula is C21H23NaO4. The number of rotatable bonds is 7. The quantitative estimate of drug-likeness (QED) is 0.559. The van der Waals surface area contributed by atoms with Crippen molar-refractivity contribution in [3.8, 4) is 11.5 Å². The van der Waals surface area contributed by atoms with Crippen molar-refractivity contribution in [3.05, 3.63) is 70.3 Å². The molecule has 1 N–H and O–H groups in total. The third-order valence-electron chi connectivity index (χ3n) is 4.11. The number of aryl methyl sites for hydroxylation is 2. The molecule has 2 aromatic rings. The molecule has 26 heavy (non-hydrogen) atoms. The van der Waals surface area contributed by atoms with Gasteiger partial charge in [0.05, 0.1) is 13.1 Å². The average molecular weight is 362 g/mol. The van der Waals surface area contributed by atoms with E-state index in [2.05, 4.69) is 0 Å². The number of allylic oxidation sites excluding steroid dienone is 2. The van der Waals surface area contributed by atoms with Gasteiger partial charge in [-0.1, -0.05) is 42.0 Å². The summed E-state index contributed by atoms with van der Waals surface area (Å²) in [5.74, 6) is -1.15. The molecule has 0 radical (unpaired) electrons. The van der Waals surface area contributed by atoms with Crippen molar-refractivity contribution in [3.63, 3.8) is 0 Å². The molecule has 0 amide bonds. The zero-order chi connectivity index (χ0) is 18.4. The monoisotopic (exact) mass is 362 g/mol. The molecule has 0 saturated carbocycles. The van der Waals surface area contributed by atoms with Crippen LogP contribution >= 0.6 is 0 Å². The van der Waals surface area contributed by atoms with Gasteiger partial charge in [-0.05, 0) is 50.3 Å². The SMILES string of the molecule is COc1cc(CCc2ccccc2)c(C(=O)[O-])c(O)c1CC=C(C)C.[Na+]. The van der Waals surface area contributed by atoms with Crippen LogP contribution in [0.25, 0.3) is 0 Å². The van der Waals surface area contributed by atoms with Gasteiger partial charge in [-0.2, -0.15) is 0 Å².